The number of hydrogen-bond donors (Lipinski definition) is 2. The van der Waals surface area contributed by atoms with Crippen molar-refractivity contribution in [2.45, 2.75) is 26.0 Å². The normalized spacial score (nSPS) is 12.5. The molecular weight excluding hydrogens is 349 g/mol. The van der Waals surface area contributed by atoms with Crippen molar-refractivity contribution in [3.05, 3.63) is 46.0 Å². The molecule has 0 saturated carbocycles. The fourth-order valence-electron chi connectivity index (χ4n) is 2.59. The Bertz CT molecular complexity index is 983. The maximum Gasteiger partial charge on any atom is 0.328 e. The van der Waals surface area contributed by atoms with Crippen molar-refractivity contribution < 1.29 is 9.50 Å². The predicted molar refractivity (Wildman–Crippen MR) is 93.8 cm³/mol. The number of imidazole rings is 1. The summed E-state index contributed by atoms with van der Waals surface area (Å²) in [6, 6.07) is 5.29. The van der Waals surface area contributed by atoms with Crippen molar-refractivity contribution in [2.75, 3.05) is 5.32 Å². The van der Waals surface area contributed by atoms with E-state index in [1.54, 1.807) is 41.3 Å². The van der Waals surface area contributed by atoms with Crippen LogP contribution in [-0.4, -0.2) is 30.3 Å². The fourth-order valence-corrected chi connectivity index (χ4v) is 2.73. The van der Waals surface area contributed by atoms with Gasteiger partial charge < -0.3 is 10.4 Å². The van der Waals surface area contributed by atoms with Gasteiger partial charge in [-0.05, 0) is 31.5 Å². The van der Waals surface area contributed by atoms with Gasteiger partial charge in [-0.15, -0.1) is 0 Å². The van der Waals surface area contributed by atoms with Gasteiger partial charge in [-0.25, -0.2) is 9.78 Å². The lowest BCUT2D eigenvalue weighted by molar-refractivity contribution is 0.178. The average Bonchev–Trinajstić information content (AvgIpc) is 2.80. The molecule has 0 saturated heterocycles. The maximum absolute atomic E-state index is 13.2. The molecule has 2 aromatic heterocycles. The first-order chi connectivity index (χ1) is 11.9. The molecule has 9 heteroatoms. The Kier molecular flexibility index (Phi) is 4.73. The zero-order valence-electron chi connectivity index (χ0n) is 13.7. The van der Waals surface area contributed by atoms with E-state index in [0.717, 1.165) is 5.52 Å². The van der Waals surface area contributed by atoms with Crippen molar-refractivity contribution in [1.82, 2.24) is 19.1 Å². The number of aliphatic hydroxyl groups is 1. The molecule has 0 aliphatic carbocycles. The molecule has 132 valence electrons. The lowest BCUT2D eigenvalue weighted by atomic mass is 10.2. The molecule has 1 atom stereocenters. The van der Waals surface area contributed by atoms with Gasteiger partial charge >= 0.3 is 11.8 Å². The second kappa shape index (κ2) is 6.81. The molecule has 2 heterocycles. The zero-order valence-corrected chi connectivity index (χ0v) is 14.5. The molecule has 3 aromatic rings. The Morgan fingerprint density at radius 1 is 1.40 bits per heavy atom. The second-order valence-corrected chi connectivity index (χ2v) is 6.20. The molecule has 0 amide bonds. The largest absolute Gasteiger partial charge is 0.393 e. The number of rotatable bonds is 5. The lowest BCUT2D eigenvalue weighted by Gasteiger charge is -2.09. The van der Waals surface area contributed by atoms with Gasteiger partial charge in [-0.3, -0.25) is 9.13 Å². The van der Waals surface area contributed by atoms with Crippen LogP contribution in [0.4, 0.5) is 15.9 Å². The molecule has 0 spiro atoms. The summed E-state index contributed by atoms with van der Waals surface area (Å²) < 4.78 is 16.3. The Morgan fingerprint density at radius 2 is 2.16 bits per heavy atom. The van der Waals surface area contributed by atoms with E-state index < -0.39 is 12.2 Å². The van der Waals surface area contributed by atoms with Gasteiger partial charge in [0.2, 0.25) is 0 Å². The molecule has 0 unspecified atom stereocenters. The number of fused-ring (bicyclic) bond motifs is 1. The molecular formula is C16H17ClFN5O2. The lowest BCUT2D eigenvalue weighted by Crippen LogP contribution is -2.23. The van der Waals surface area contributed by atoms with Crippen LogP contribution in [0.1, 0.15) is 13.3 Å². The Labute approximate surface area is 147 Å². The highest BCUT2D eigenvalue weighted by Crippen LogP contribution is 2.25. The van der Waals surface area contributed by atoms with E-state index in [0.29, 0.717) is 24.2 Å². The van der Waals surface area contributed by atoms with Crippen LogP contribution in [0.3, 0.4) is 0 Å². The van der Waals surface area contributed by atoms with E-state index >= 15 is 0 Å². The number of anilines is 2. The van der Waals surface area contributed by atoms with Gasteiger partial charge in [0.25, 0.3) is 0 Å². The van der Waals surface area contributed by atoms with E-state index in [2.05, 4.69) is 15.3 Å². The number of nitrogens with one attached hydrogen (secondary N) is 1. The summed E-state index contributed by atoms with van der Waals surface area (Å²) in [5.41, 5.74) is 1.88. The van der Waals surface area contributed by atoms with Gasteiger partial charge in [0, 0.05) is 19.3 Å². The first-order valence-electron chi connectivity index (χ1n) is 7.69. The van der Waals surface area contributed by atoms with Gasteiger partial charge in [0.1, 0.15) is 5.02 Å². The first kappa shape index (κ1) is 17.4. The highest BCUT2D eigenvalue weighted by Gasteiger charge is 2.13. The molecule has 7 nitrogen and oxygen atoms in total. The van der Waals surface area contributed by atoms with Crippen LogP contribution in [0.15, 0.2) is 29.2 Å². The minimum absolute atomic E-state index is 0.141. The molecule has 25 heavy (non-hydrogen) atoms. The third-order valence-corrected chi connectivity index (χ3v) is 4.17. The quantitative estimate of drug-likeness (QED) is 0.678. The molecule has 2 N–H and O–H groups in total. The fraction of sp³-hybridized carbons (Fsp3) is 0.312. The van der Waals surface area contributed by atoms with Crippen molar-refractivity contribution in [1.29, 1.82) is 0 Å². The maximum atomic E-state index is 13.2. The summed E-state index contributed by atoms with van der Waals surface area (Å²) in [6.07, 6.45) is 0.235. The number of benzene rings is 1. The van der Waals surface area contributed by atoms with E-state index in [4.69, 9.17) is 11.6 Å². The Balaban J connectivity index is 2.02. The minimum atomic E-state index is -0.887. The van der Waals surface area contributed by atoms with Crippen LogP contribution >= 0.6 is 11.6 Å². The van der Waals surface area contributed by atoms with E-state index in [-0.39, 0.29) is 16.5 Å². The van der Waals surface area contributed by atoms with Crippen LogP contribution in [0.25, 0.3) is 11.0 Å². The Morgan fingerprint density at radius 3 is 2.88 bits per heavy atom. The van der Waals surface area contributed by atoms with Crippen LogP contribution in [0.2, 0.25) is 5.02 Å². The number of aryl methyl sites for hydroxylation is 2. The topological polar surface area (TPSA) is 85.0 Å². The highest BCUT2D eigenvalue weighted by atomic mass is 35.5. The average molecular weight is 366 g/mol. The first-order valence-corrected chi connectivity index (χ1v) is 8.07. The Hall–Kier alpha value is -2.45. The number of nitrogens with zero attached hydrogens (tertiary/aromatic N) is 4. The van der Waals surface area contributed by atoms with Crippen LogP contribution < -0.4 is 11.0 Å². The smallest absolute Gasteiger partial charge is 0.328 e. The van der Waals surface area contributed by atoms with Gasteiger partial charge in [-0.1, -0.05) is 11.6 Å². The van der Waals surface area contributed by atoms with Crippen LogP contribution in [0, 0.1) is 6.08 Å². The SMILES string of the molecule is C[C@@H](O)CCn1c(=O)n(C)c2ccc(Nc3nc(F)ncc3Cl)cc21. The molecule has 0 bridgehead atoms. The summed E-state index contributed by atoms with van der Waals surface area (Å²) in [4.78, 5) is 19.4. The van der Waals surface area contributed by atoms with Crippen molar-refractivity contribution in [3.8, 4) is 0 Å². The summed E-state index contributed by atoms with van der Waals surface area (Å²) >= 11 is 5.97. The van der Waals surface area contributed by atoms with Gasteiger partial charge in [0.05, 0.1) is 23.3 Å². The van der Waals surface area contributed by atoms with Crippen LogP contribution in [-0.2, 0) is 13.6 Å². The van der Waals surface area contributed by atoms with Crippen molar-refractivity contribution in [2.24, 2.45) is 7.05 Å². The van der Waals surface area contributed by atoms with Crippen molar-refractivity contribution >= 4 is 34.1 Å². The molecule has 0 aliphatic heterocycles. The third kappa shape index (κ3) is 3.49. The molecule has 1 aromatic carbocycles. The standard InChI is InChI=1S/C16H17ClFN5O2/c1-9(24)5-6-23-13-7-10(3-4-12(13)22(2)16(23)25)20-14-11(17)8-19-15(18)21-14/h3-4,7-9,24H,5-6H2,1-2H3,(H,19,20,21)/t9-/m1/s1. The monoisotopic (exact) mass is 365 g/mol. The number of aromatic nitrogens is 4. The summed E-state index contributed by atoms with van der Waals surface area (Å²) in [7, 11) is 1.69. The minimum Gasteiger partial charge on any atom is -0.393 e. The molecule has 0 fully saturated rings. The predicted octanol–water partition coefficient (Wildman–Crippen LogP) is 2.44. The summed E-state index contributed by atoms with van der Waals surface area (Å²) in [5, 5.41) is 12.6. The van der Waals surface area contributed by atoms with E-state index in [9.17, 15) is 14.3 Å². The van der Waals surface area contributed by atoms with Crippen molar-refractivity contribution in [3.63, 3.8) is 0 Å². The zero-order chi connectivity index (χ0) is 18.1. The molecule has 0 radical (unpaired) electrons. The van der Waals surface area contributed by atoms with E-state index in [1.165, 1.54) is 6.20 Å². The molecule has 3 rings (SSSR count). The summed E-state index contributed by atoms with van der Waals surface area (Å²) in [6.45, 7) is 2.06. The third-order valence-electron chi connectivity index (χ3n) is 3.89. The molecule has 0 aliphatic rings. The van der Waals surface area contributed by atoms with Gasteiger partial charge in [0.15, 0.2) is 5.82 Å². The van der Waals surface area contributed by atoms with E-state index in [1.807, 2.05) is 0 Å². The van der Waals surface area contributed by atoms with Crippen LogP contribution in [0.5, 0.6) is 0 Å². The second-order valence-electron chi connectivity index (χ2n) is 5.79. The number of hydrogen-bond acceptors (Lipinski definition) is 5. The number of aliphatic hydroxyl groups excluding tert-OH is 1. The van der Waals surface area contributed by atoms with Gasteiger partial charge in [-0.2, -0.15) is 9.37 Å². The number of halogens is 2. The highest BCUT2D eigenvalue weighted by molar-refractivity contribution is 6.32. The summed E-state index contributed by atoms with van der Waals surface area (Å²) in [5.74, 6) is 0.141.